The van der Waals surface area contributed by atoms with Gasteiger partial charge in [0.25, 0.3) is 0 Å². The molecule has 4 aromatic rings. The molecular weight excluding hydrogens is 402 g/mol. The van der Waals surface area contributed by atoms with Crippen LogP contribution in [-0.4, -0.2) is 11.0 Å². The molecule has 4 rings (SSSR count). The van der Waals surface area contributed by atoms with Crippen molar-refractivity contribution in [3.8, 4) is 21.8 Å². The minimum absolute atomic E-state index is 0.309. The van der Waals surface area contributed by atoms with Crippen LogP contribution in [0.1, 0.15) is 4.88 Å². The lowest BCUT2D eigenvalue weighted by molar-refractivity contribution is 0.262. The Morgan fingerprint density at radius 2 is 1.41 bits per heavy atom. The Bertz CT molecular complexity index is 1120. The Morgan fingerprint density at radius 3 is 2.03 bits per heavy atom. The Kier molecular flexibility index (Phi) is 5.60. The second-order valence-electron chi connectivity index (χ2n) is 6.45. The topological polar surface area (TPSA) is 54.0 Å². The molecule has 0 aliphatic heterocycles. The highest BCUT2D eigenvalue weighted by molar-refractivity contribution is 7.15. The molecule has 0 aliphatic rings. The van der Waals surface area contributed by atoms with Crippen LogP contribution in [0.3, 0.4) is 0 Å². The average Bonchev–Trinajstić information content (AvgIpc) is 3.13. The van der Waals surface area contributed by atoms with Gasteiger partial charge in [0.05, 0.1) is 5.69 Å². The van der Waals surface area contributed by atoms with Gasteiger partial charge in [-0.15, -0.1) is 11.3 Å². The van der Waals surface area contributed by atoms with Gasteiger partial charge in [-0.05, 0) is 43.3 Å². The molecule has 0 fully saturated rings. The molecule has 144 valence electrons. The van der Waals surface area contributed by atoms with Crippen molar-refractivity contribution in [1.29, 1.82) is 0 Å². The molecule has 2 amide bonds. The molecular formula is C23H18ClN3OS. The number of benzene rings is 3. The number of hydrogen-bond acceptors (Lipinski definition) is 3. The minimum Gasteiger partial charge on any atom is -0.308 e. The molecule has 1 aromatic heterocycles. The van der Waals surface area contributed by atoms with Crippen LogP contribution in [0.2, 0.25) is 5.02 Å². The van der Waals surface area contributed by atoms with Crippen molar-refractivity contribution in [2.24, 2.45) is 0 Å². The Labute approximate surface area is 178 Å². The summed E-state index contributed by atoms with van der Waals surface area (Å²) in [5.41, 5.74) is 4.48. The van der Waals surface area contributed by atoms with E-state index in [-0.39, 0.29) is 6.03 Å². The van der Waals surface area contributed by atoms with E-state index >= 15 is 0 Å². The lowest BCUT2D eigenvalue weighted by atomic mass is 10.1. The maximum Gasteiger partial charge on any atom is 0.323 e. The first kappa shape index (κ1) is 19.2. The van der Waals surface area contributed by atoms with Gasteiger partial charge in [0.2, 0.25) is 0 Å². The van der Waals surface area contributed by atoms with Crippen molar-refractivity contribution in [2.75, 3.05) is 10.6 Å². The maximum atomic E-state index is 12.2. The molecule has 3 aromatic carbocycles. The molecule has 1 heterocycles. The molecule has 29 heavy (non-hydrogen) atoms. The van der Waals surface area contributed by atoms with Gasteiger partial charge in [-0.2, -0.15) is 0 Å². The van der Waals surface area contributed by atoms with Crippen molar-refractivity contribution in [3.05, 3.63) is 88.8 Å². The second-order valence-corrected chi connectivity index (χ2v) is 8.09. The number of halogens is 1. The van der Waals surface area contributed by atoms with Crippen molar-refractivity contribution in [2.45, 2.75) is 6.92 Å². The third-order valence-electron chi connectivity index (χ3n) is 4.34. The first-order valence-corrected chi connectivity index (χ1v) is 10.2. The fourth-order valence-electron chi connectivity index (χ4n) is 2.91. The molecule has 0 aliphatic carbocycles. The quantitative estimate of drug-likeness (QED) is 0.371. The number of carbonyl (C=O) groups excluding carboxylic acids is 1. The van der Waals surface area contributed by atoms with Gasteiger partial charge in [-0.1, -0.05) is 54.1 Å². The SMILES string of the molecule is Cc1sc(-c2ccccc2)nc1-c1ccc(NC(=O)Nc2ccc(Cl)cc2)cc1. The third-order valence-corrected chi connectivity index (χ3v) is 5.61. The molecule has 0 spiro atoms. The van der Waals surface area contributed by atoms with Gasteiger partial charge in [0, 0.05) is 32.4 Å². The number of nitrogens with zero attached hydrogens (tertiary/aromatic N) is 1. The summed E-state index contributed by atoms with van der Waals surface area (Å²) in [7, 11) is 0. The van der Waals surface area contributed by atoms with Crippen LogP contribution in [0.25, 0.3) is 21.8 Å². The molecule has 0 radical (unpaired) electrons. The molecule has 0 atom stereocenters. The van der Waals surface area contributed by atoms with E-state index in [1.165, 1.54) is 0 Å². The first-order chi connectivity index (χ1) is 14.1. The van der Waals surface area contributed by atoms with Crippen molar-refractivity contribution < 1.29 is 4.79 Å². The number of carbonyl (C=O) groups is 1. The molecule has 6 heteroatoms. The number of nitrogens with one attached hydrogen (secondary N) is 2. The summed E-state index contributed by atoms with van der Waals surface area (Å²) in [4.78, 5) is 18.1. The van der Waals surface area contributed by atoms with Crippen molar-refractivity contribution in [3.63, 3.8) is 0 Å². The highest BCUT2D eigenvalue weighted by atomic mass is 35.5. The van der Waals surface area contributed by atoms with Gasteiger partial charge in [0.1, 0.15) is 5.01 Å². The van der Waals surface area contributed by atoms with Crippen LogP contribution < -0.4 is 10.6 Å². The monoisotopic (exact) mass is 419 g/mol. The van der Waals surface area contributed by atoms with Crippen LogP contribution in [0.5, 0.6) is 0 Å². The van der Waals surface area contributed by atoms with Crippen LogP contribution in [0.4, 0.5) is 16.2 Å². The normalized spacial score (nSPS) is 10.6. The van der Waals surface area contributed by atoms with Crippen molar-refractivity contribution >= 4 is 40.3 Å². The summed E-state index contributed by atoms with van der Waals surface area (Å²) in [6.07, 6.45) is 0. The van der Waals surface area contributed by atoms with E-state index < -0.39 is 0 Å². The van der Waals surface area contributed by atoms with Gasteiger partial charge in [-0.25, -0.2) is 9.78 Å². The molecule has 0 unspecified atom stereocenters. The van der Waals surface area contributed by atoms with Crippen LogP contribution in [0, 0.1) is 6.92 Å². The average molecular weight is 420 g/mol. The largest absolute Gasteiger partial charge is 0.323 e. The predicted molar refractivity (Wildman–Crippen MR) is 122 cm³/mol. The number of hydrogen-bond donors (Lipinski definition) is 2. The summed E-state index contributed by atoms with van der Waals surface area (Å²) < 4.78 is 0. The second kappa shape index (κ2) is 8.47. The molecule has 0 saturated carbocycles. The third kappa shape index (κ3) is 4.65. The Morgan fingerprint density at radius 1 is 0.828 bits per heavy atom. The fraction of sp³-hybridized carbons (Fsp3) is 0.0435. The molecule has 4 nitrogen and oxygen atoms in total. The van der Waals surface area contributed by atoms with E-state index in [0.29, 0.717) is 16.4 Å². The number of anilines is 2. The molecule has 0 saturated heterocycles. The smallest absolute Gasteiger partial charge is 0.308 e. The fourth-order valence-corrected chi connectivity index (χ4v) is 3.97. The highest BCUT2D eigenvalue weighted by Crippen LogP contribution is 2.33. The molecule has 0 bridgehead atoms. The Hall–Kier alpha value is -3.15. The number of thiazole rings is 1. The summed E-state index contributed by atoms with van der Waals surface area (Å²) in [5, 5.41) is 7.23. The van der Waals surface area contributed by atoms with Crippen molar-refractivity contribution in [1.82, 2.24) is 4.98 Å². The van der Waals surface area contributed by atoms with Gasteiger partial charge in [-0.3, -0.25) is 0 Å². The number of aryl methyl sites for hydroxylation is 1. The summed E-state index contributed by atoms with van der Waals surface area (Å²) >= 11 is 7.54. The zero-order chi connectivity index (χ0) is 20.2. The number of urea groups is 1. The lowest BCUT2D eigenvalue weighted by Crippen LogP contribution is -2.19. The standard InChI is InChI=1S/C23H18ClN3OS/c1-15-21(27-22(29-15)17-5-3-2-4-6-17)16-7-11-19(12-8-16)25-23(28)26-20-13-9-18(24)10-14-20/h2-14H,1H3,(H2,25,26,28). The number of rotatable bonds is 4. The summed E-state index contributed by atoms with van der Waals surface area (Å²) in [6, 6.07) is 24.5. The summed E-state index contributed by atoms with van der Waals surface area (Å²) in [5.74, 6) is 0. The van der Waals surface area contributed by atoms with E-state index in [1.54, 1.807) is 35.6 Å². The van der Waals surface area contributed by atoms with E-state index in [1.807, 2.05) is 42.5 Å². The predicted octanol–water partition coefficient (Wildman–Crippen LogP) is 7.08. The van der Waals surface area contributed by atoms with Gasteiger partial charge < -0.3 is 10.6 Å². The van der Waals surface area contributed by atoms with E-state index in [2.05, 4.69) is 29.7 Å². The molecule has 2 N–H and O–H groups in total. The van der Waals surface area contributed by atoms with Crippen LogP contribution in [0.15, 0.2) is 78.9 Å². The number of amides is 2. The Balaban J connectivity index is 1.46. The summed E-state index contributed by atoms with van der Waals surface area (Å²) in [6.45, 7) is 2.07. The zero-order valence-corrected chi connectivity index (χ0v) is 17.2. The lowest BCUT2D eigenvalue weighted by Gasteiger charge is -2.08. The van der Waals surface area contributed by atoms with Gasteiger partial charge in [0.15, 0.2) is 0 Å². The number of aromatic nitrogens is 1. The van der Waals surface area contributed by atoms with E-state index in [9.17, 15) is 4.79 Å². The maximum absolute atomic E-state index is 12.2. The van der Waals surface area contributed by atoms with Gasteiger partial charge >= 0.3 is 6.03 Å². The zero-order valence-electron chi connectivity index (χ0n) is 15.6. The van der Waals surface area contributed by atoms with E-state index in [4.69, 9.17) is 16.6 Å². The van der Waals surface area contributed by atoms with E-state index in [0.717, 1.165) is 26.7 Å². The van der Waals surface area contributed by atoms with Crippen LogP contribution >= 0.6 is 22.9 Å². The van der Waals surface area contributed by atoms with Crippen LogP contribution in [-0.2, 0) is 0 Å². The minimum atomic E-state index is -0.309. The highest BCUT2D eigenvalue weighted by Gasteiger charge is 2.11. The first-order valence-electron chi connectivity index (χ1n) is 9.05.